The first-order chi connectivity index (χ1) is 7.04. The van der Waals surface area contributed by atoms with E-state index in [2.05, 4.69) is 15.9 Å². The summed E-state index contributed by atoms with van der Waals surface area (Å²) >= 11 is 5.04. The monoisotopic (exact) mass is 290 g/mol. The van der Waals surface area contributed by atoms with Crippen LogP contribution in [0.15, 0.2) is 15.9 Å². The number of amides is 1. The van der Waals surface area contributed by atoms with Gasteiger partial charge in [0.25, 0.3) is 0 Å². The van der Waals surface area contributed by atoms with Gasteiger partial charge < -0.3 is 10.6 Å². The maximum Gasteiger partial charge on any atom is 0.226 e. The molecule has 0 saturated carbocycles. The summed E-state index contributed by atoms with van der Waals surface area (Å²) in [5, 5.41) is 0. The third-order valence-electron chi connectivity index (χ3n) is 2.17. The van der Waals surface area contributed by atoms with E-state index in [-0.39, 0.29) is 11.8 Å². The zero-order valence-electron chi connectivity index (χ0n) is 8.87. The van der Waals surface area contributed by atoms with Crippen LogP contribution in [0.4, 0.5) is 0 Å². The van der Waals surface area contributed by atoms with Crippen molar-refractivity contribution in [3.05, 3.63) is 20.8 Å². The Bertz CT molecular complexity index is 340. The average Bonchev–Trinajstić information content (AvgIpc) is 2.61. The molecule has 0 aliphatic carbocycles. The zero-order chi connectivity index (χ0) is 11.4. The Morgan fingerprint density at radius 2 is 2.33 bits per heavy atom. The van der Waals surface area contributed by atoms with Gasteiger partial charge in [0.2, 0.25) is 5.91 Å². The Balaban J connectivity index is 2.55. The molecule has 0 radical (unpaired) electrons. The van der Waals surface area contributed by atoms with E-state index >= 15 is 0 Å². The highest BCUT2D eigenvalue weighted by atomic mass is 79.9. The minimum Gasteiger partial charge on any atom is -0.340 e. The van der Waals surface area contributed by atoms with Crippen molar-refractivity contribution in [2.24, 2.45) is 11.7 Å². The summed E-state index contributed by atoms with van der Waals surface area (Å²) in [5.74, 6) is 0.000394. The maximum atomic E-state index is 11.7. The molecule has 1 amide bonds. The number of carbonyl (C=O) groups excluding carboxylic acids is 1. The highest BCUT2D eigenvalue weighted by molar-refractivity contribution is 9.11. The van der Waals surface area contributed by atoms with E-state index in [0.29, 0.717) is 13.1 Å². The van der Waals surface area contributed by atoms with Crippen LogP contribution in [0, 0.1) is 5.92 Å². The van der Waals surface area contributed by atoms with Gasteiger partial charge in [0, 0.05) is 24.4 Å². The molecule has 0 aliphatic rings. The molecule has 15 heavy (non-hydrogen) atoms. The van der Waals surface area contributed by atoms with Gasteiger partial charge in [-0.15, -0.1) is 11.3 Å². The molecule has 84 valence electrons. The first-order valence-corrected chi connectivity index (χ1v) is 6.34. The Kier molecular flexibility index (Phi) is 4.76. The van der Waals surface area contributed by atoms with Crippen LogP contribution in [-0.2, 0) is 11.3 Å². The second-order valence-electron chi connectivity index (χ2n) is 3.54. The fourth-order valence-electron chi connectivity index (χ4n) is 1.23. The van der Waals surface area contributed by atoms with Crippen molar-refractivity contribution >= 4 is 33.2 Å². The third-order valence-corrected chi connectivity index (χ3v) is 3.78. The molecule has 1 unspecified atom stereocenters. The molecule has 1 atom stereocenters. The van der Waals surface area contributed by atoms with Gasteiger partial charge in [-0.3, -0.25) is 4.79 Å². The van der Waals surface area contributed by atoms with Crippen LogP contribution < -0.4 is 5.73 Å². The minimum atomic E-state index is -0.0987. The van der Waals surface area contributed by atoms with Crippen LogP contribution in [0.3, 0.4) is 0 Å². The fourth-order valence-corrected chi connectivity index (χ4v) is 2.76. The van der Waals surface area contributed by atoms with Gasteiger partial charge in [-0.2, -0.15) is 0 Å². The molecule has 1 aromatic rings. The smallest absolute Gasteiger partial charge is 0.226 e. The summed E-state index contributed by atoms with van der Waals surface area (Å²) in [6.45, 7) is 2.90. The number of carbonyl (C=O) groups is 1. The maximum absolute atomic E-state index is 11.7. The minimum absolute atomic E-state index is 0.0987. The van der Waals surface area contributed by atoms with E-state index in [9.17, 15) is 4.79 Å². The van der Waals surface area contributed by atoms with Crippen molar-refractivity contribution in [2.45, 2.75) is 13.5 Å². The fraction of sp³-hybridized carbons (Fsp3) is 0.500. The summed E-state index contributed by atoms with van der Waals surface area (Å²) in [7, 11) is 1.81. The van der Waals surface area contributed by atoms with Crippen molar-refractivity contribution < 1.29 is 4.79 Å². The Morgan fingerprint density at radius 1 is 1.67 bits per heavy atom. The molecule has 1 heterocycles. The van der Waals surface area contributed by atoms with Gasteiger partial charge >= 0.3 is 0 Å². The summed E-state index contributed by atoms with van der Waals surface area (Å²) in [6, 6.07) is 4.01. The summed E-state index contributed by atoms with van der Waals surface area (Å²) in [5.41, 5.74) is 5.46. The van der Waals surface area contributed by atoms with Crippen LogP contribution in [0.1, 0.15) is 11.8 Å². The number of nitrogens with two attached hydrogens (primary N) is 1. The van der Waals surface area contributed by atoms with E-state index in [0.717, 1.165) is 3.79 Å². The van der Waals surface area contributed by atoms with Crippen LogP contribution in [-0.4, -0.2) is 24.4 Å². The third kappa shape index (κ3) is 3.59. The Hall–Kier alpha value is -0.390. The number of hydrogen-bond acceptors (Lipinski definition) is 3. The normalized spacial score (nSPS) is 12.5. The number of rotatable bonds is 4. The van der Waals surface area contributed by atoms with Crippen molar-refractivity contribution in [3.63, 3.8) is 0 Å². The van der Waals surface area contributed by atoms with Gasteiger partial charge in [0.15, 0.2) is 0 Å². The van der Waals surface area contributed by atoms with Gasteiger partial charge in [-0.25, -0.2) is 0 Å². The topological polar surface area (TPSA) is 46.3 Å². The summed E-state index contributed by atoms with van der Waals surface area (Å²) in [4.78, 5) is 14.6. The van der Waals surface area contributed by atoms with Crippen LogP contribution >= 0.6 is 27.3 Å². The number of halogens is 1. The molecule has 1 rings (SSSR count). The molecule has 0 aliphatic heterocycles. The average molecular weight is 291 g/mol. The SMILES string of the molecule is CC(CN)C(=O)N(C)Cc1ccc(Br)s1. The molecule has 0 fully saturated rings. The van der Waals surface area contributed by atoms with Crippen molar-refractivity contribution in [1.82, 2.24) is 4.90 Å². The lowest BCUT2D eigenvalue weighted by Gasteiger charge is -2.19. The predicted molar refractivity (Wildman–Crippen MR) is 66.7 cm³/mol. The van der Waals surface area contributed by atoms with Gasteiger partial charge in [0.05, 0.1) is 10.3 Å². The van der Waals surface area contributed by atoms with Crippen LogP contribution in [0.5, 0.6) is 0 Å². The highest BCUT2D eigenvalue weighted by Gasteiger charge is 2.16. The summed E-state index contributed by atoms with van der Waals surface area (Å²) in [6.07, 6.45) is 0. The molecular formula is C10H15BrN2OS. The largest absolute Gasteiger partial charge is 0.340 e. The number of nitrogens with zero attached hydrogens (tertiary/aromatic N) is 1. The van der Waals surface area contributed by atoms with Gasteiger partial charge in [0.1, 0.15) is 0 Å². The molecule has 2 N–H and O–H groups in total. The summed E-state index contributed by atoms with van der Waals surface area (Å²) < 4.78 is 1.09. The highest BCUT2D eigenvalue weighted by Crippen LogP contribution is 2.23. The molecule has 5 heteroatoms. The molecule has 0 spiro atoms. The number of hydrogen-bond donors (Lipinski definition) is 1. The lowest BCUT2D eigenvalue weighted by Crippen LogP contribution is -2.34. The molecule has 0 aromatic carbocycles. The first-order valence-electron chi connectivity index (χ1n) is 4.74. The Morgan fingerprint density at radius 3 is 2.80 bits per heavy atom. The second kappa shape index (κ2) is 5.63. The van der Waals surface area contributed by atoms with E-state index < -0.39 is 0 Å². The molecule has 0 bridgehead atoms. The molecule has 1 aromatic heterocycles. The lowest BCUT2D eigenvalue weighted by molar-refractivity contribution is -0.133. The predicted octanol–water partition coefficient (Wildman–Crippen LogP) is 2.06. The lowest BCUT2D eigenvalue weighted by atomic mass is 10.1. The quantitative estimate of drug-likeness (QED) is 0.923. The van der Waals surface area contributed by atoms with Crippen molar-refractivity contribution in [2.75, 3.05) is 13.6 Å². The van der Waals surface area contributed by atoms with E-state index in [1.54, 1.807) is 16.2 Å². The van der Waals surface area contributed by atoms with E-state index in [1.807, 2.05) is 26.1 Å². The standard InChI is InChI=1S/C10H15BrN2OS/c1-7(5-12)10(14)13(2)6-8-3-4-9(11)15-8/h3-4,7H,5-6,12H2,1-2H3. The van der Waals surface area contributed by atoms with Gasteiger partial charge in [-0.05, 0) is 28.1 Å². The van der Waals surface area contributed by atoms with Crippen molar-refractivity contribution in [1.29, 1.82) is 0 Å². The van der Waals surface area contributed by atoms with Crippen LogP contribution in [0.25, 0.3) is 0 Å². The second-order valence-corrected chi connectivity index (χ2v) is 6.08. The first kappa shape index (κ1) is 12.7. The van der Waals surface area contributed by atoms with Crippen molar-refractivity contribution in [3.8, 4) is 0 Å². The van der Waals surface area contributed by atoms with Crippen LogP contribution in [0.2, 0.25) is 0 Å². The Labute approximate surface area is 102 Å². The molecular weight excluding hydrogens is 276 g/mol. The van der Waals surface area contributed by atoms with E-state index in [4.69, 9.17) is 5.73 Å². The molecule has 0 saturated heterocycles. The molecule has 3 nitrogen and oxygen atoms in total. The van der Waals surface area contributed by atoms with E-state index in [1.165, 1.54) is 4.88 Å². The number of thiophene rings is 1. The van der Waals surface area contributed by atoms with Gasteiger partial charge in [-0.1, -0.05) is 6.92 Å². The zero-order valence-corrected chi connectivity index (χ0v) is 11.3.